The maximum atomic E-state index is 12.6. The molecule has 0 bridgehead atoms. The predicted octanol–water partition coefficient (Wildman–Crippen LogP) is 4.20. The molecule has 1 fully saturated rings. The first-order valence-corrected chi connectivity index (χ1v) is 9.29. The monoisotopic (exact) mass is 384 g/mol. The number of methoxy groups -OCH3 is 1. The number of carbonyl (C=O) groups is 2. The van der Waals surface area contributed by atoms with E-state index in [9.17, 15) is 9.59 Å². The van der Waals surface area contributed by atoms with Crippen LogP contribution in [0.15, 0.2) is 53.4 Å². The third kappa shape index (κ3) is 4.43. The summed E-state index contributed by atoms with van der Waals surface area (Å²) in [4.78, 5) is 26.4. The zero-order valence-corrected chi connectivity index (χ0v) is 15.9. The normalized spacial score (nSPS) is 15.3. The molecule has 0 atom stereocenters. The first-order valence-electron chi connectivity index (χ1n) is 8.47. The van der Waals surface area contributed by atoms with E-state index in [2.05, 4.69) is 5.32 Å². The van der Waals surface area contributed by atoms with Gasteiger partial charge >= 0.3 is 0 Å². The second-order valence-electron chi connectivity index (χ2n) is 5.65. The van der Waals surface area contributed by atoms with Gasteiger partial charge in [0.2, 0.25) is 0 Å². The first kappa shape index (κ1) is 18.8. The molecule has 0 saturated carbocycles. The fourth-order valence-corrected chi connectivity index (χ4v) is 3.38. The van der Waals surface area contributed by atoms with Crippen molar-refractivity contribution in [2.45, 2.75) is 6.92 Å². The van der Waals surface area contributed by atoms with Crippen LogP contribution in [0, 0.1) is 0 Å². The Morgan fingerprint density at radius 2 is 1.85 bits per heavy atom. The van der Waals surface area contributed by atoms with Crippen LogP contribution in [0.5, 0.6) is 11.5 Å². The van der Waals surface area contributed by atoms with Crippen LogP contribution in [0.25, 0.3) is 6.08 Å². The highest BCUT2D eigenvalue weighted by Gasteiger charge is 2.34. The van der Waals surface area contributed by atoms with Gasteiger partial charge in [-0.3, -0.25) is 14.5 Å². The van der Waals surface area contributed by atoms with Crippen LogP contribution < -0.4 is 14.8 Å². The van der Waals surface area contributed by atoms with Crippen molar-refractivity contribution < 1.29 is 19.1 Å². The molecule has 1 aliphatic rings. The first-order chi connectivity index (χ1) is 13.1. The Bertz CT molecular complexity index is 865. The lowest BCUT2D eigenvalue weighted by molar-refractivity contribution is -0.122. The molecule has 1 heterocycles. The van der Waals surface area contributed by atoms with Crippen LogP contribution in [0.1, 0.15) is 12.5 Å². The van der Waals surface area contributed by atoms with Gasteiger partial charge in [-0.05, 0) is 54.6 Å². The highest BCUT2D eigenvalue weighted by molar-refractivity contribution is 8.18. The van der Waals surface area contributed by atoms with Crippen LogP contribution in [-0.4, -0.2) is 36.4 Å². The van der Waals surface area contributed by atoms with E-state index in [1.54, 1.807) is 13.2 Å². The minimum absolute atomic E-state index is 0.0781. The van der Waals surface area contributed by atoms with Gasteiger partial charge in [-0.1, -0.05) is 24.3 Å². The molecule has 0 aliphatic carbocycles. The van der Waals surface area contributed by atoms with E-state index in [1.165, 1.54) is 4.90 Å². The summed E-state index contributed by atoms with van der Waals surface area (Å²) in [6, 6.07) is 14.7. The van der Waals surface area contributed by atoms with Gasteiger partial charge in [0.05, 0.1) is 31.0 Å². The maximum Gasteiger partial charge on any atom is 0.295 e. The average Bonchev–Trinajstić information content (AvgIpc) is 2.95. The summed E-state index contributed by atoms with van der Waals surface area (Å²) in [5.74, 6) is 1.10. The molecule has 0 unspecified atom stereocenters. The van der Waals surface area contributed by atoms with Gasteiger partial charge in [-0.25, -0.2) is 0 Å². The van der Waals surface area contributed by atoms with Crippen molar-refractivity contribution in [3.8, 4) is 11.5 Å². The minimum Gasteiger partial charge on any atom is -0.497 e. The van der Waals surface area contributed by atoms with E-state index in [1.807, 2.05) is 55.5 Å². The Kier molecular flexibility index (Phi) is 6.03. The lowest BCUT2D eigenvalue weighted by atomic mass is 10.2. The highest BCUT2D eigenvalue weighted by Crippen LogP contribution is 2.33. The van der Waals surface area contributed by atoms with Crippen molar-refractivity contribution in [3.05, 3.63) is 59.0 Å². The number of nitrogens with zero attached hydrogens (tertiary/aromatic N) is 1. The fraction of sp³-hybridized carbons (Fsp3) is 0.200. The van der Waals surface area contributed by atoms with E-state index >= 15 is 0 Å². The van der Waals surface area contributed by atoms with Gasteiger partial charge in [-0.2, -0.15) is 0 Å². The molecule has 1 saturated heterocycles. The predicted molar refractivity (Wildman–Crippen MR) is 107 cm³/mol. The lowest BCUT2D eigenvalue weighted by Crippen LogP contribution is -2.33. The van der Waals surface area contributed by atoms with E-state index in [4.69, 9.17) is 9.47 Å². The van der Waals surface area contributed by atoms with Crippen molar-refractivity contribution in [1.29, 1.82) is 0 Å². The van der Waals surface area contributed by atoms with E-state index in [-0.39, 0.29) is 17.8 Å². The molecule has 1 aliphatic heterocycles. The zero-order valence-electron chi connectivity index (χ0n) is 15.1. The number of nitrogens with one attached hydrogen (secondary N) is 1. The molecule has 3 rings (SSSR count). The van der Waals surface area contributed by atoms with Crippen LogP contribution in [-0.2, 0) is 4.79 Å². The number of imide groups is 1. The minimum atomic E-state index is -0.317. The number of rotatable bonds is 7. The molecule has 2 aromatic carbocycles. The molecule has 27 heavy (non-hydrogen) atoms. The Morgan fingerprint density at radius 1 is 1.11 bits per heavy atom. The Labute approximate surface area is 162 Å². The third-order valence-corrected chi connectivity index (χ3v) is 4.81. The number of ether oxygens (including phenoxy) is 2. The Hall–Kier alpha value is -2.93. The van der Waals surface area contributed by atoms with E-state index in [0.29, 0.717) is 17.3 Å². The summed E-state index contributed by atoms with van der Waals surface area (Å²) in [7, 11) is 1.59. The number of benzene rings is 2. The zero-order chi connectivity index (χ0) is 19.2. The highest BCUT2D eigenvalue weighted by atomic mass is 32.2. The second kappa shape index (κ2) is 8.64. The average molecular weight is 384 g/mol. The quantitative estimate of drug-likeness (QED) is 0.722. The number of hydrogen-bond acceptors (Lipinski definition) is 6. The summed E-state index contributed by atoms with van der Waals surface area (Å²) in [5.41, 5.74) is 1.56. The SMILES string of the molecule is CCOc1ccccc1NCN1C(=O)S/C(=C/c2ccc(OC)cc2)C1=O. The van der Waals surface area contributed by atoms with Crippen LogP contribution in [0.4, 0.5) is 10.5 Å². The van der Waals surface area contributed by atoms with Crippen molar-refractivity contribution in [1.82, 2.24) is 4.90 Å². The summed E-state index contributed by atoms with van der Waals surface area (Å²) in [6.07, 6.45) is 1.71. The van der Waals surface area contributed by atoms with Gasteiger partial charge in [0, 0.05) is 0 Å². The second-order valence-corrected chi connectivity index (χ2v) is 6.64. The van der Waals surface area contributed by atoms with E-state index < -0.39 is 0 Å². The number of anilines is 1. The molecule has 0 spiro atoms. The third-order valence-electron chi connectivity index (χ3n) is 3.90. The molecule has 6 nitrogen and oxygen atoms in total. The molecule has 7 heteroatoms. The number of hydrogen-bond donors (Lipinski definition) is 1. The van der Waals surface area contributed by atoms with Gasteiger partial charge in [0.25, 0.3) is 11.1 Å². The molecule has 1 N–H and O–H groups in total. The summed E-state index contributed by atoms with van der Waals surface area (Å²) >= 11 is 0.932. The Balaban J connectivity index is 1.70. The Morgan fingerprint density at radius 3 is 2.56 bits per heavy atom. The number of thioether (sulfide) groups is 1. The number of amides is 2. The largest absolute Gasteiger partial charge is 0.497 e. The number of para-hydroxylation sites is 2. The number of carbonyl (C=O) groups excluding carboxylic acids is 2. The van der Waals surface area contributed by atoms with Crippen molar-refractivity contribution in [3.63, 3.8) is 0 Å². The van der Waals surface area contributed by atoms with Crippen molar-refractivity contribution in [2.24, 2.45) is 0 Å². The molecule has 2 amide bonds. The molecular formula is C20H20N2O4S. The standard InChI is InChI=1S/C20H20N2O4S/c1-3-26-17-7-5-4-6-16(17)21-13-22-19(23)18(27-20(22)24)12-14-8-10-15(25-2)11-9-14/h4-12,21H,3,13H2,1-2H3/b18-12+. The van der Waals surface area contributed by atoms with Crippen molar-refractivity contribution >= 4 is 34.7 Å². The molecule has 0 radical (unpaired) electrons. The summed E-state index contributed by atoms with van der Waals surface area (Å²) in [6.45, 7) is 2.51. The molecule has 0 aromatic heterocycles. The topological polar surface area (TPSA) is 67.9 Å². The lowest BCUT2D eigenvalue weighted by Gasteiger charge is -2.16. The van der Waals surface area contributed by atoms with Crippen LogP contribution in [0.3, 0.4) is 0 Å². The molecular weight excluding hydrogens is 364 g/mol. The summed E-state index contributed by atoms with van der Waals surface area (Å²) < 4.78 is 10.7. The van der Waals surface area contributed by atoms with Crippen LogP contribution >= 0.6 is 11.8 Å². The van der Waals surface area contributed by atoms with Gasteiger partial charge < -0.3 is 14.8 Å². The molecule has 140 valence electrons. The van der Waals surface area contributed by atoms with Gasteiger partial charge in [-0.15, -0.1) is 0 Å². The van der Waals surface area contributed by atoms with E-state index in [0.717, 1.165) is 28.8 Å². The summed E-state index contributed by atoms with van der Waals surface area (Å²) in [5, 5.41) is 2.80. The smallest absolute Gasteiger partial charge is 0.295 e. The van der Waals surface area contributed by atoms with Crippen molar-refractivity contribution in [2.75, 3.05) is 25.7 Å². The maximum absolute atomic E-state index is 12.6. The van der Waals surface area contributed by atoms with Gasteiger partial charge in [0.15, 0.2) is 0 Å². The van der Waals surface area contributed by atoms with Crippen LogP contribution in [0.2, 0.25) is 0 Å². The molecule has 2 aromatic rings. The fourth-order valence-electron chi connectivity index (χ4n) is 2.55. The van der Waals surface area contributed by atoms with Gasteiger partial charge in [0.1, 0.15) is 11.5 Å².